The second-order valence-electron chi connectivity index (χ2n) is 3.02. The maximum Gasteiger partial charge on any atom is 0.0718 e. The van der Waals surface area contributed by atoms with Crippen molar-refractivity contribution < 1.29 is 9.47 Å². The average molecular weight is 291 g/mol. The van der Waals surface area contributed by atoms with Gasteiger partial charge in [0.15, 0.2) is 0 Å². The number of halogens is 1. The lowest BCUT2D eigenvalue weighted by atomic mass is 10.2. The van der Waals surface area contributed by atoms with Crippen LogP contribution in [-0.4, -0.2) is 25.6 Å². The third-order valence-electron chi connectivity index (χ3n) is 1.77. The molecular formula is C11H15BrO2S. The topological polar surface area (TPSA) is 18.5 Å². The van der Waals surface area contributed by atoms with Crippen LogP contribution in [-0.2, 0) is 16.1 Å². The molecule has 1 rings (SSSR count). The Balaban J connectivity index is 2.10. The zero-order chi connectivity index (χ0) is 10.9. The summed E-state index contributed by atoms with van der Waals surface area (Å²) < 4.78 is 11.8. The molecule has 1 aromatic carbocycles. The molecule has 0 aromatic heterocycles. The van der Waals surface area contributed by atoms with Gasteiger partial charge >= 0.3 is 0 Å². The van der Waals surface area contributed by atoms with Gasteiger partial charge in [-0.25, -0.2) is 0 Å². The van der Waals surface area contributed by atoms with Crippen LogP contribution in [0.2, 0.25) is 0 Å². The summed E-state index contributed by atoms with van der Waals surface area (Å²) in [5, 5.41) is 0. The highest BCUT2D eigenvalue weighted by molar-refractivity contribution is 9.10. The van der Waals surface area contributed by atoms with Crippen LogP contribution >= 0.6 is 28.6 Å². The van der Waals surface area contributed by atoms with Gasteiger partial charge < -0.3 is 9.47 Å². The van der Waals surface area contributed by atoms with E-state index in [1.165, 1.54) is 5.56 Å². The molecule has 0 bridgehead atoms. The Hall–Kier alpha value is -0.0300. The van der Waals surface area contributed by atoms with Crippen LogP contribution in [0.4, 0.5) is 0 Å². The predicted octanol–water partition coefficient (Wildman–Crippen LogP) is 2.91. The highest BCUT2D eigenvalue weighted by Gasteiger charge is 1.94. The van der Waals surface area contributed by atoms with Crippen LogP contribution in [0.15, 0.2) is 28.7 Å². The number of benzene rings is 1. The summed E-state index contributed by atoms with van der Waals surface area (Å²) in [5.74, 6) is 0.756. The van der Waals surface area contributed by atoms with E-state index in [2.05, 4.69) is 34.6 Å². The second-order valence-corrected chi connectivity index (χ2v) is 4.38. The summed E-state index contributed by atoms with van der Waals surface area (Å²) in [6, 6.07) is 8.09. The maximum absolute atomic E-state index is 5.45. The summed E-state index contributed by atoms with van der Waals surface area (Å²) in [4.78, 5) is 0. The molecule has 0 unspecified atom stereocenters. The fraction of sp³-hybridized carbons (Fsp3) is 0.455. The normalized spacial score (nSPS) is 10.5. The van der Waals surface area contributed by atoms with Crippen molar-refractivity contribution >= 4 is 28.6 Å². The smallest absolute Gasteiger partial charge is 0.0718 e. The van der Waals surface area contributed by atoms with Crippen molar-refractivity contribution in [3.8, 4) is 0 Å². The lowest BCUT2D eigenvalue weighted by Gasteiger charge is -2.05. The van der Waals surface area contributed by atoms with Gasteiger partial charge in [0, 0.05) is 10.2 Å². The average Bonchev–Trinajstić information content (AvgIpc) is 2.23. The number of rotatable bonds is 7. The third kappa shape index (κ3) is 6.20. The predicted molar refractivity (Wildman–Crippen MR) is 68.5 cm³/mol. The molecule has 84 valence electrons. The van der Waals surface area contributed by atoms with E-state index in [9.17, 15) is 0 Å². The molecule has 0 N–H and O–H groups in total. The lowest BCUT2D eigenvalue weighted by molar-refractivity contribution is 0.0462. The number of hydrogen-bond acceptors (Lipinski definition) is 3. The number of hydrogen-bond donors (Lipinski definition) is 1. The van der Waals surface area contributed by atoms with Crippen LogP contribution in [0.3, 0.4) is 0 Å². The van der Waals surface area contributed by atoms with Gasteiger partial charge in [-0.05, 0) is 17.7 Å². The third-order valence-corrected chi connectivity index (χ3v) is 2.44. The molecule has 0 radical (unpaired) electrons. The molecule has 15 heavy (non-hydrogen) atoms. The van der Waals surface area contributed by atoms with Crippen molar-refractivity contribution in [2.45, 2.75) is 6.61 Å². The van der Waals surface area contributed by atoms with Crippen LogP contribution < -0.4 is 0 Å². The van der Waals surface area contributed by atoms with E-state index in [-0.39, 0.29) is 0 Å². The van der Waals surface area contributed by atoms with E-state index in [0.29, 0.717) is 26.4 Å². The summed E-state index contributed by atoms with van der Waals surface area (Å²) in [5.41, 5.74) is 1.17. The maximum atomic E-state index is 5.45. The quantitative estimate of drug-likeness (QED) is 0.615. The highest BCUT2D eigenvalue weighted by Crippen LogP contribution is 2.12. The van der Waals surface area contributed by atoms with Gasteiger partial charge in [0.1, 0.15) is 0 Å². The number of thiol groups is 1. The van der Waals surface area contributed by atoms with Gasteiger partial charge in [-0.3, -0.25) is 0 Å². The molecule has 0 aliphatic carbocycles. The standard InChI is InChI=1S/C11H15BrO2S/c12-11-3-1-2-10(8-11)9-14-5-4-13-6-7-15/h1-3,8,15H,4-7,9H2. The van der Waals surface area contributed by atoms with Crippen molar-refractivity contribution in [3.05, 3.63) is 34.3 Å². The van der Waals surface area contributed by atoms with Gasteiger partial charge in [0.2, 0.25) is 0 Å². The Morgan fingerprint density at radius 1 is 1.13 bits per heavy atom. The first-order valence-electron chi connectivity index (χ1n) is 4.83. The van der Waals surface area contributed by atoms with E-state index < -0.39 is 0 Å². The second kappa shape index (κ2) is 8.16. The van der Waals surface area contributed by atoms with Crippen LogP contribution in [0.5, 0.6) is 0 Å². The highest BCUT2D eigenvalue weighted by atomic mass is 79.9. The molecule has 0 saturated heterocycles. The van der Waals surface area contributed by atoms with Gasteiger partial charge in [-0.1, -0.05) is 28.1 Å². The molecule has 0 fully saturated rings. The van der Waals surface area contributed by atoms with E-state index in [1.54, 1.807) is 0 Å². The van der Waals surface area contributed by atoms with E-state index in [0.717, 1.165) is 10.2 Å². The van der Waals surface area contributed by atoms with Crippen molar-refractivity contribution in [3.63, 3.8) is 0 Å². The molecule has 4 heteroatoms. The fourth-order valence-electron chi connectivity index (χ4n) is 1.10. The fourth-order valence-corrected chi connectivity index (χ4v) is 1.68. The molecule has 2 nitrogen and oxygen atoms in total. The molecule has 1 aromatic rings. The molecule has 0 saturated carbocycles. The molecule has 0 aliphatic heterocycles. The Morgan fingerprint density at radius 2 is 1.93 bits per heavy atom. The minimum atomic E-state index is 0.625. The van der Waals surface area contributed by atoms with E-state index in [4.69, 9.17) is 9.47 Å². The Morgan fingerprint density at radius 3 is 2.67 bits per heavy atom. The van der Waals surface area contributed by atoms with Crippen molar-refractivity contribution in [1.29, 1.82) is 0 Å². The lowest BCUT2D eigenvalue weighted by Crippen LogP contribution is -2.05. The molecular weight excluding hydrogens is 276 g/mol. The first-order chi connectivity index (χ1) is 7.33. The van der Waals surface area contributed by atoms with Crippen LogP contribution in [0.1, 0.15) is 5.56 Å². The minimum Gasteiger partial charge on any atom is -0.378 e. The van der Waals surface area contributed by atoms with Crippen LogP contribution in [0, 0.1) is 0 Å². The van der Waals surface area contributed by atoms with Crippen LogP contribution in [0.25, 0.3) is 0 Å². The van der Waals surface area contributed by atoms with Gasteiger partial charge in [0.25, 0.3) is 0 Å². The van der Waals surface area contributed by atoms with Gasteiger partial charge in [-0.2, -0.15) is 12.6 Å². The molecule has 0 spiro atoms. The summed E-state index contributed by atoms with van der Waals surface area (Å²) in [6.07, 6.45) is 0. The van der Waals surface area contributed by atoms with Crippen molar-refractivity contribution in [2.75, 3.05) is 25.6 Å². The minimum absolute atomic E-state index is 0.625. The van der Waals surface area contributed by atoms with Crippen molar-refractivity contribution in [2.24, 2.45) is 0 Å². The zero-order valence-corrected chi connectivity index (χ0v) is 11.0. The monoisotopic (exact) mass is 290 g/mol. The van der Waals surface area contributed by atoms with Gasteiger partial charge in [-0.15, -0.1) is 0 Å². The SMILES string of the molecule is SCCOCCOCc1cccc(Br)c1. The van der Waals surface area contributed by atoms with Gasteiger partial charge in [0.05, 0.1) is 26.4 Å². The molecule has 0 amide bonds. The van der Waals surface area contributed by atoms with E-state index in [1.807, 2.05) is 18.2 Å². The summed E-state index contributed by atoms with van der Waals surface area (Å²) in [7, 11) is 0. The molecule has 0 heterocycles. The number of ether oxygens (including phenoxy) is 2. The van der Waals surface area contributed by atoms with Crippen molar-refractivity contribution in [1.82, 2.24) is 0 Å². The van der Waals surface area contributed by atoms with E-state index >= 15 is 0 Å². The molecule has 0 atom stereocenters. The largest absolute Gasteiger partial charge is 0.378 e. The first kappa shape index (κ1) is 13.0. The Kier molecular flexibility index (Phi) is 7.09. The Bertz CT molecular complexity index is 281. The summed E-state index contributed by atoms with van der Waals surface area (Å²) in [6.45, 7) is 2.57. The summed E-state index contributed by atoms with van der Waals surface area (Å²) >= 11 is 7.46. The molecule has 0 aliphatic rings. The zero-order valence-electron chi connectivity index (χ0n) is 8.49. The first-order valence-corrected chi connectivity index (χ1v) is 6.26. The Labute approximate surface area is 105 Å².